The summed E-state index contributed by atoms with van der Waals surface area (Å²) in [6.45, 7) is 4.53. The van der Waals surface area contributed by atoms with Crippen LogP contribution in [0.5, 0.6) is 5.75 Å². The molecule has 3 aromatic rings. The number of nitrogens with zero attached hydrogens (tertiary/aromatic N) is 2. The number of fused-ring (bicyclic) bond motifs is 1. The number of nitrogens with one attached hydrogen (secondary N) is 2. The molecule has 0 atom stereocenters. The normalized spacial score (nSPS) is 12.7. The Morgan fingerprint density at radius 3 is 2.56 bits per heavy atom. The van der Waals surface area contributed by atoms with Gasteiger partial charge in [0.25, 0.3) is 5.91 Å². The Labute approximate surface area is 191 Å². The largest absolute Gasteiger partial charge is 0.497 e. The van der Waals surface area contributed by atoms with E-state index in [2.05, 4.69) is 15.6 Å². The minimum atomic E-state index is -0.262. The number of aryl methyl sites for hydroxylation is 2. The molecule has 3 amide bonds. The second kappa shape index (κ2) is 9.32. The molecule has 32 heavy (non-hydrogen) atoms. The zero-order valence-corrected chi connectivity index (χ0v) is 19.0. The first-order chi connectivity index (χ1) is 15.4. The van der Waals surface area contributed by atoms with Gasteiger partial charge in [0.1, 0.15) is 10.8 Å². The molecule has 0 unspecified atom stereocenters. The van der Waals surface area contributed by atoms with Crippen molar-refractivity contribution in [1.82, 2.24) is 4.98 Å². The van der Waals surface area contributed by atoms with Gasteiger partial charge in [-0.1, -0.05) is 6.07 Å². The molecule has 0 aliphatic carbocycles. The molecule has 0 fully saturated rings. The number of methoxy groups -OCH3 is 1. The lowest BCUT2D eigenvalue weighted by Crippen LogP contribution is -2.39. The van der Waals surface area contributed by atoms with Crippen LogP contribution in [0.4, 0.5) is 21.9 Å². The number of anilines is 3. The number of hydrogen-bond donors (Lipinski definition) is 2. The summed E-state index contributed by atoms with van der Waals surface area (Å²) in [5.41, 5.74) is 4.45. The fourth-order valence-corrected chi connectivity index (χ4v) is 4.66. The van der Waals surface area contributed by atoms with E-state index in [1.165, 1.54) is 0 Å². The Balaban J connectivity index is 1.48. The second-order valence-electron chi connectivity index (χ2n) is 7.43. The zero-order valence-electron chi connectivity index (χ0n) is 18.1. The number of hydrogen-bond acceptors (Lipinski definition) is 5. The van der Waals surface area contributed by atoms with E-state index in [0.29, 0.717) is 29.2 Å². The number of ether oxygens (including phenoxy) is 1. The van der Waals surface area contributed by atoms with Crippen molar-refractivity contribution in [3.8, 4) is 5.75 Å². The van der Waals surface area contributed by atoms with Crippen LogP contribution in [0, 0.1) is 13.8 Å². The van der Waals surface area contributed by atoms with Crippen LogP contribution >= 0.6 is 11.8 Å². The summed E-state index contributed by atoms with van der Waals surface area (Å²) in [5.74, 6) is 1.23. The van der Waals surface area contributed by atoms with E-state index in [4.69, 9.17) is 4.74 Å². The lowest BCUT2D eigenvalue weighted by Gasteiger charge is -2.30. The number of pyridine rings is 1. The predicted molar refractivity (Wildman–Crippen MR) is 128 cm³/mol. The van der Waals surface area contributed by atoms with Gasteiger partial charge < -0.3 is 15.4 Å². The fraction of sp³-hybridized carbons (Fsp3) is 0.208. The smallest absolute Gasteiger partial charge is 0.326 e. The number of carbonyl (C=O) groups is 2. The van der Waals surface area contributed by atoms with Crippen LogP contribution < -0.4 is 20.3 Å². The molecule has 0 radical (unpaired) electrons. The molecule has 0 saturated carbocycles. The van der Waals surface area contributed by atoms with Crippen molar-refractivity contribution in [2.75, 3.05) is 34.9 Å². The van der Waals surface area contributed by atoms with Gasteiger partial charge in [-0.3, -0.25) is 9.69 Å². The van der Waals surface area contributed by atoms with Crippen molar-refractivity contribution in [2.24, 2.45) is 0 Å². The fourth-order valence-electron chi connectivity index (χ4n) is 3.58. The van der Waals surface area contributed by atoms with Crippen LogP contribution in [0.15, 0.2) is 59.6 Å². The Hall–Kier alpha value is -3.52. The topological polar surface area (TPSA) is 83.6 Å². The van der Waals surface area contributed by atoms with Crippen molar-refractivity contribution in [2.45, 2.75) is 18.9 Å². The van der Waals surface area contributed by atoms with E-state index in [0.717, 1.165) is 27.7 Å². The van der Waals surface area contributed by atoms with Crippen LogP contribution in [-0.2, 0) is 0 Å². The minimum absolute atomic E-state index is 0.243. The summed E-state index contributed by atoms with van der Waals surface area (Å²) in [6.07, 6.45) is 0. The zero-order chi connectivity index (χ0) is 22.7. The quantitative estimate of drug-likeness (QED) is 0.580. The molecule has 1 aliphatic heterocycles. The van der Waals surface area contributed by atoms with E-state index >= 15 is 0 Å². The third kappa shape index (κ3) is 4.70. The SMILES string of the molecule is COc1ccc(NC(=O)c2cccc(NC(=O)N3CCSc4nc(C)cc(C)c43)c2)cc1. The lowest BCUT2D eigenvalue weighted by molar-refractivity contribution is 0.102. The molecule has 2 heterocycles. The Morgan fingerprint density at radius 1 is 1.03 bits per heavy atom. The van der Waals surface area contributed by atoms with Gasteiger partial charge in [0, 0.05) is 34.9 Å². The highest BCUT2D eigenvalue weighted by Crippen LogP contribution is 2.36. The molecule has 0 bridgehead atoms. The molecule has 0 spiro atoms. The second-order valence-corrected chi connectivity index (χ2v) is 8.51. The summed E-state index contributed by atoms with van der Waals surface area (Å²) in [5, 5.41) is 6.64. The number of benzene rings is 2. The molecule has 7 nitrogen and oxygen atoms in total. The molecular weight excluding hydrogens is 424 g/mol. The van der Waals surface area contributed by atoms with E-state index in [9.17, 15) is 9.59 Å². The Morgan fingerprint density at radius 2 is 1.81 bits per heavy atom. The number of urea groups is 1. The van der Waals surface area contributed by atoms with Gasteiger partial charge in [0.2, 0.25) is 0 Å². The monoisotopic (exact) mass is 448 g/mol. The van der Waals surface area contributed by atoms with Crippen LogP contribution in [-0.4, -0.2) is 36.3 Å². The summed E-state index contributed by atoms with van der Waals surface area (Å²) >= 11 is 1.66. The van der Waals surface area contributed by atoms with Gasteiger partial charge >= 0.3 is 6.03 Å². The molecule has 164 valence electrons. The van der Waals surface area contributed by atoms with Gasteiger partial charge in [-0.05, 0) is 67.9 Å². The first-order valence-electron chi connectivity index (χ1n) is 10.2. The molecule has 2 aromatic carbocycles. The van der Waals surface area contributed by atoms with Gasteiger partial charge in [0.05, 0.1) is 12.8 Å². The standard InChI is InChI=1S/C24H24N4O3S/c1-15-13-16(2)25-23-21(15)28(11-12-32-23)24(30)27-19-6-4-5-17(14-19)22(29)26-18-7-9-20(31-3)10-8-18/h4-10,13-14H,11-12H2,1-3H3,(H,26,29)(H,27,30). The van der Waals surface area contributed by atoms with Crippen LogP contribution in [0.2, 0.25) is 0 Å². The number of aromatic nitrogens is 1. The van der Waals surface area contributed by atoms with Crippen molar-refractivity contribution in [3.63, 3.8) is 0 Å². The molecular formula is C24H24N4O3S. The Kier molecular flexibility index (Phi) is 6.32. The molecule has 4 rings (SSSR count). The lowest BCUT2D eigenvalue weighted by atomic mass is 10.1. The highest BCUT2D eigenvalue weighted by Gasteiger charge is 2.26. The van der Waals surface area contributed by atoms with Gasteiger partial charge in [0.15, 0.2) is 0 Å². The predicted octanol–water partition coefficient (Wildman–Crippen LogP) is 5.10. The first-order valence-corrected chi connectivity index (χ1v) is 11.2. The van der Waals surface area contributed by atoms with E-state index in [1.54, 1.807) is 72.3 Å². The maximum absolute atomic E-state index is 13.1. The molecule has 8 heteroatoms. The van der Waals surface area contributed by atoms with Gasteiger partial charge in [-0.15, -0.1) is 11.8 Å². The first kappa shape index (κ1) is 21.7. The van der Waals surface area contributed by atoms with Crippen molar-refractivity contribution in [1.29, 1.82) is 0 Å². The average molecular weight is 449 g/mol. The summed E-state index contributed by atoms with van der Waals surface area (Å²) < 4.78 is 5.13. The van der Waals surface area contributed by atoms with Gasteiger partial charge in [-0.2, -0.15) is 0 Å². The molecule has 2 N–H and O–H groups in total. The number of thioether (sulfide) groups is 1. The Bertz CT molecular complexity index is 1160. The van der Waals surface area contributed by atoms with Crippen molar-refractivity contribution >= 4 is 40.8 Å². The van der Waals surface area contributed by atoms with Crippen LogP contribution in [0.25, 0.3) is 0 Å². The molecule has 0 saturated heterocycles. The minimum Gasteiger partial charge on any atom is -0.497 e. The summed E-state index contributed by atoms with van der Waals surface area (Å²) in [7, 11) is 1.59. The number of rotatable bonds is 4. The maximum atomic E-state index is 13.1. The highest BCUT2D eigenvalue weighted by atomic mass is 32.2. The maximum Gasteiger partial charge on any atom is 0.326 e. The average Bonchev–Trinajstić information content (AvgIpc) is 2.79. The molecule has 1 aliphatic rings. The summed E-state index contributed by atoms with van der Waals surface area (Å²) in [6, 6.07) is 15.7. The number of amides is 3. The third-order valence-electron chi connectivity index (χ3n) is 5.07. The van der Waals surface area contributed by atoms with E-state index in [1.807, 2.05) is 19.9 Å². The summed E-state index contributed by atoms with van der Waals surface area (Å²) in [4.78, 5) is 32.0. The van der Waals surface area contributed by atoms with Crippen LogP contribution in [0.1, 0.15) is 21.6 Å². The molecule has 1 aromatic heterocycles. The van der Waals surface area contributed by atoms with E-state index in [-0.39, 0.29) is 11.9 Å². The third-order valence-corrected chi connectivity index (χ3v) is 6.02. The van der Waals surface area contributed by atoms with Crippen LogP contribution in [0.3, 0.4) is 0 Å². The van der Waals surface area contributed by atoms with Crippen molar-refractivity contribution < 1.29 is 14.3 Å². The van der Waals surface area contributed by atoms with Crippen molar-refractivity contribution in [3.05, 3.63) is 71.4 Å². The van der Waals surface area contributed by atoms with Gasteiger partial charge in [-0.25, -0.2) is 9.78 Å². The highest BCUT2D eigenvalue weighted by molar-refractivity contribution is 7.99. The number of carbonyl (C=O) groups excluding carboxylic acids is 2. The van der Waals surface area contributed by atoms with E-state index < -0.39 is 0 Å².